The quantitative estimate of drug-likeness (QED) is 0.762. The average Bonchev–Trinajstić information content (AvgIpc) is 3.02. The third-order valence-electron chi connectivity index (χ3n) is 4.32. The van der Waals surface area contributed by atoms with Crippen LogP contribution in [0.25, 0.3) is 0 Å². The van der Waals surface area contributed by atoms with Crippen molar-refractivity contribution in [2.24, 2.45) is 5.92 Å². The lowest BCUT2D eigenvalue weighted by Crippen LogP contribution is -2.41. The van der Waals surface area contributed by atoms with Gasteiger partial charge in [-0.2, -0.15) is 0 Å². The number of nitrogens with one attached hydrogen (secondary N) is 2. The molecule has 2 aliphatic rings. The second-order valence-corrected chi connectivity index (χ2v) is 5.62. The maximum atomic E-state index is 12.2. The van der Waals surface area contributed by atoms with Crippen molar-refractivity contribution in [3.05, 3.63) is 0 Å². The Labute approximate surface area is 115 Å². The smallest absolute Gasteiger partial charge is 0.225 e. The van der Waals surface area contributed by atoms with Crippen molar-refractivity contribution in [3.8, 4) is 0 Å². The van der Waals surface area contributed by atoms with Crippen molar-refractivity contribution in [1.82, 2.24) is 15.5 Å². The molecule has 0 saturated carbocycles. The van der Waals surface area contributed by atoms with E-state index in [0.29, 0.717) is 19.0 Å². The van der Waals surface area contributed by atoms with E-state index in [-0.39, 0.29) is 23.8 Å². The largest absolute Gasteiger partial charge is 0.352 e. The van der Waals surface area contributed by atoms with Crippen LogP contribution in [-0.2, 0) is 9.59 Å². The lowest BCUT2D eigenvalue weighted by atomic mass is 10.1. The van der Waals surface area contributed by atoms with Gasteiger partial charge in [0.15, 0.2) is 0 Å². The molecule has 0 spiro atoms. The first kappa shape index (κ1) is 14.3. The normalized spacial score (nSPS) is 27.3. The molecule has 2 aliphatic heterocycles. The van der Waals surface area contributed by atoms with Crippen LogP contribution < -0.4 is 10.6 Å². The summed E-state index contributed by atoms with van der Waals surface area (Å²) >= 11 is 0. The fourth-order valence-corrected chi connectivity index (χ4v) is 3.09. The van der Waals surface area contributed by atoms with E-state index in [1.54, 1.807) is 0 Å². The molecule has 5 heteroatoms. The number of carbonyl (C=O) groups is 2. The van der Waals surface area contributed by atoms with Crippen LogP contribution in [0.15, 0.2) is 0 Å². The highest BCUT2D eigenvalue weighted by atomic mass is 16.2. The molecule has 2 saturated heterocycles. The summed E-state index contributed by atoms with van der Waals surface area (Å²) in [5.74, 6) is 0.0302. The minimum atomic E-state index is -0.159. The Hall–Kier alpha value is -1.10. The Kier molecular flexibility index (Phi) is 4.80. The standard InChI is InChI=1S/C14H25N3O2/c1-3-12(4-2)17-9-10(7-13(17)18)14(19)16-11-5-6-15-8-11/h10-12,15H,3-9H2,1-2H3,(H,16,19). The predicted octanol–water partition coefficient (Wildman–Crippen LogP) is 0.502. The first-order chi connectivity index (χ1) is 9.15. The van der Waals surface area contributed by atoms with Crippen LogP contribution in [0.5, 0.6) is 0 Å². The summed E-state index contributed by atoms with van der Waals surface area (Å²) < 4.78 is 0. The Morgan fingerprint density at radius 2 is 2.21 bits per heavy atom. The number of rotatable bonds is 5. The lowest BCUT2D eigenvalue weighted by molar-refractivity contribution is -0.130. The monoisotopic (exact) mass is 267 g/mol. The molecule has 5 nitrogen and oxygen atoms in total. The van der Waals surface area contributed by atoms with E-state index < -0.39 is 0 Å². The first-order valence-corrected chi connectivity index (χ1v) is 7.46. The molecular formula is C14H25N3O2. The van der Waals surface area contributed by atoms with E-state index in [1.165, 1.54) is 0 Å². The molecule has 0 aromatic rings. The van der Waals surface area contributed by atoms with Crippen molar-refractivity contribution in [2.45, 2.75) is 51.6 Å². The molecule has 2 fully saturated rings. The van der Waals surface area contributed by atoms with Gasteiger partial charge in [-0.05, 0) is 25.8 Å². The summed E-state index contributed by atoms with van der Waals surface area (Å²) in [5.41, 5.74) is 0. The van der Waals surface area contributed by atoms with Gasteiger partial charge >= 0.3 is 0 Å². The van der Waals surface area contributed by atoms with Crippen molar-refractivity contribution >= 4 is 11.8 Å². The van der Waals surface area contributed by atoms with Crippen molar-refractivity contribution in [1.29, 1.82) is 0 Å². The Bertz CT molecular complexity index is 336. The molecule has 2 N–H and O–H groups in total. The Morgan fingerprint density at radius 1 is 1.47 bits per heavy atom. The maximum absolute atomic E-state index is 12.2. The number of amides is 2. The Balaban J connectivity index is 1.88. The summed E-state index contributed by atoms with van der Waals surface area (Å²) in [6.07, 6.45) is 3.29. The fourth-order valence-electron chi connectivity index (χ4n) is 3.09. The van der Waals surface area contributed by atoms with Crippen LogP contribution >= 0.6 is 0 Å². The predicted molar refractivity (Wildman–Crippen MR) is 73.6 cm³/mol. The molecule has 0 bridgehead atoms. The molecule has 0 aromatic heterocycles. The van der Waals surface area contributed by atoms with E-state index in [4.69, 9.17) is 0 Å². The van der Waals surface area contributed by atoms with Gasteiger partial charge in [0, 0.05) is 31.6 Å². The van der Waals surface area contributed by atoms with Crippen LogP contribution in [-0.4, -0.2) is 48.4 Å². The maximum Gasteiger partial charge on any atom is 0.225 e. The highest BCUT2D eigenvalue weighted by Gasteiger charge is 2.37. The summed E-state index contributed by atoms with van der Waals surface area (Å²) in [6.45, 7) is 6.60. The van der Waals surface area contributed by atoms with E-state index in [0.717, 1.165) is 32.4 Å². The van der Waals surface area contributed by atoms with E-state index in [1.807, 2.05) is 4.90 Å². The number of hydrogen-bond donors (Lipinski definition) is 2. The second-order valence-electron chi connectivity index (χ2n) is 5.62. The van der Waals surface area contributed by atoms with E-state index in [9.17, 15) is 9.59 Å². The van der Waals surface area contributed by atoms with Gasteiger partial charge in [0.2, 0.25) is 11.8 Å². The zero-order valence-electron chi connectivity index (χ0n) is 11.9. The molecular weight excluding hydrogens is 242 g/mol. The number of hydrogen-bond acceptors (Lipinski definition) is 3. The molecule has 19 heavy (non-hydrogen) atoms. The second kappa shape index (κ2) is 6.37. The number of carbonyl (C=O) groups excluding carboxylic acids is 2. The van der Waals surface area contributed by atoms with Crippen LogP contribution in [0.3, 0.4) is 0 Å². The highest BCUT2D eigenvalue weighted by Crippen LogP contribution is 2.23. The molecule has 0 aromatic carbocycles. The zero-order chi connectivity index (χ0) is 13.8. The summed E-state index contributed by atoms with van der Waals surface area (Å²) in [7, 11) is 0. The van der Waals surface area contributed by atoms with Gasteiger partial charge in [-0.15, -0.1) is 0 Å². The van der Waals surface area contributed by atoms with E-state index in [2.05, 4.69) is 24.5 Å². The molecule has 0 aliphatic carbocycles. The van der Waals surface area contributed by atoms with Gasteiger partial charge in [-0.25, -0.2) is 0 Å². The topological polar surface area (TPSA) is 61.4 Å². The first-order valence-electron chi connectivity index (χ1n) is 7.46. The van der Waals surface area contributed by atoms with Gasteiger partial charge in [-0.3, -0.25) is 9.59 Å². The van der Waals surface area contributed by atoms with Gasteiger partial charge in [0.25, 0.3) is 0 Å². The number of nitrogens with zero attached hydrogens (tertiary/aromatic N) is 1. The lowest BCUT2D eigenvalue weighted by Gasteiger charge is -2.26. The third kappa shape index (κ3) is 3.26. The molecule has 2 amide bonds. The summed E-state index contributed by atoms with van der Waals surface area (Å²) in [5, 5.41) is 6.29. The van der Waals surface area contributed by atoms with Gasteiger partial charge in [-0.1, -0.05) is 13.8 Å². The number of likely N-dealkylation sites (tertiary alicyclic amines) is 1. The molecule has 2 rings (SSSR count). The summed E-state index contributed by atoms with van der Waals surface area (Å²) in [6, 6.07) is 0.531. The van der Waals surface area contributed by atoms with Gasteiger partial charge in [0.1, 0.15) is 0 Å². The molecule has 108 valence electrons. The molecule has 2 unspecified atom stereocenters. The van der Waals surface area contributed by atoms with Crippen molar-refractivity contribution < 1.29 is 9.59 Å². The minimum Gasteiger partial charge on any atom is -0.352 e. The zero-order valence-corrected chi connectivity index (χ0v) is 11.9. The van der Waals surface area contributed by atoms with Gasteiger partial charge < -0.3 is 15.5 Å². The average molecular weight is 267 g/mol. The minimum absolute atomic E-state index is 0.0514. The van der Waals surface area contributed by atoms with Crippen LogP contribution in [0.4, 0.5) is 0 Å². The van der Waals surface area contributed by atoms with Crippen molar-refractivity contribution in [2.75, 3.05) is 19.6 Å². The summed E-state index contributed by atoms with van der Waals surface area (Å²) in [4.78, 5) is 26.1. The fraction of sp³-hybridized carbons (Fsp3) is 0.857. The molecule has 0 radical (unpaired) electrons. The van der Waals surface area contributed by atoms with Crippen LogP contribution in [0, 0.1) is 5.92 Å². The third-order valence-corrected chi connectivity index (χ3v) is 4.32. The van der Waals surface area contributed by atoms with Crippen LogP contribution in [0.2, 0.25) is 0 Å². The van der Waals surface area contributed by atoms with Crippen molar-refractivity contribution in [3.63, 3.8) is 0 Å². The van der Waals surface area contributed by atoms with Crippen LogP contribution in [0.1, 0.15) is 39.5 Å². The molecule has 2 heterocycles. The van der Waals surface area contributed by atoms with E-state index >= 15 is 0 Å². The SMILES string of the molecule is CCC(CC)N1CC(C(=O)NC2CCNC2)CC1=O. The Morgan fingerprint density at radius 3 is 2.79 bits per heavy atom. The van der Waals surface area contributed by atoms with Gasteiger partial charge in [0.05, 0.1) is 5.92 Å². The molecule has 2 atom stereocenters. The highest BCUT2D eigenvalue weighted by molar-refractivity contribution is 5.89.